The van der Waals surface area contributed by atoms with Crippen molar-refractivity contribution in [1.82, 2.24) is 5.43 Å². The van der Waals surface area contributed by atoms with Crippen molar-refractivity contribution in [2.24, 2.45) is 5.10 Å². The van der Waals surface area contributed by atoms with Gasteiger partial charge in [-0.1, -0.05) is 12.1 Å². The Morgan fingerprint density at radius 3 is 2.44 bits per heavy atom. The zero-order valence-corrected chi connectivity index (χ0v) is 9.98. The maximum Gasteiger partial charge on any atom is 0.0739 e. The number of nitrogens with zero attached hydrogens (tertiary/aromatic N) is 2. The van der Waals surface area contributed by atoms with Gasteiger partial charge in [0.1, 0.15) is 0 Å². The Bertz CT molecular complexity index is 323. The Kier molecular flexibility index (Phi) is 3.44. The molecule has 0 amide bonds. The van der Waals surface area contributed by atoms with E-state index in [2.05, 4.69) is 53.5 Å². The van der Waals surface area contributed by atoms with Gasteiger partial charge in [-0.15, -0.1) is 0 Å². The second-order valence-electron chi connectivity index (χ2n) is 3.99. The van der Waals surface area contributed by atoms with E-state index >= 15 is 0 Å². The summed E-state index contributed by atoms with van der Waals surface area (Å²) < 4.78 is 0. The molecule has 0 saturated carbocycles. The van der Waals surface area contributed by atoms with Crippen LogP contribution in [0.4, 0.5) is 5.69 Å². The van der Waals surface area contributed by atoms with Crippen LogP contribution in [0.2, 0.25) is 0 Å². The fourth-order valence-electron chi connectivity index (χ4n) is 2.07. The molecule has 1 N–H and O–H groups in total. The highest BCUT2D eigenvalue weighted by Crippen LogP contribution is 2.22. The van der Waals surface area contributed by atoms with Crippen molar-refractivity contribution < 1.29 is 0 Å². The van der Waals surface area contributed by atoms with Gasteiger partial charge in [0.25, 0.3) is 0 Å². The summed E-state index contributed by atoms with van der Waals surface area (Å²) in [5.41, 5.74) is 5.72. The molecule has 86 valence electrons. The topological polar surface area (TPSA) is 27.6 Å². The normalized spacial score (nSPS) is 18.5. The lowest BCUT2D eigenvalue weighted by Gasteiger charge is -2.21. The molecular formula is C13H19N3. The van der Waals surface area contributed by atoms with Gasteiger partial charge in [0.2, 0.25) is 0 Å². The average molecular weight is 217 g/mol. The number of rotatable bonds is 4. The first-order valence-electron chi connectivity index (χ1n) is 5.97. The minimum absolute atomic E-state index is 0.366. The van der Waals surface area contributed by atoms with Crippen LogP contribution in [0.25, 0.3) is 0 Å². The van der Waals surface area contributed by atoms with Gasteiger partial charge in [0.15, 0.2) is 0 Å². The number of hydrazone groups is 1. The monoisotopic (exact) mass is 217 g/mol. The Labute approximate surface area is 97.2 Å². The lowest BCUT2D eigenvalue weighted by atomic mass is 10.1. The van der Waals surface area contributed by atoms with Crippen LogP contribution in [-0.4, -0.2) is 19.3 Å². The van der Waals surface area contributed by atoms with E-state index in [-0.39, 0.29) is 0 Å². The van der Waals surface area contributed by atoms with E-state index in [0.717, 1.165) is 19.5 Å². The smallest absolute Gasteiger partial charge is 0.0739 e. The van der Waals surface area contributed by atoms with Gasteiger partial charge in [-0.25, -0.2) is 0 Å². The standard InChI is InChI=1S/C13H19N3/c1-3-16(4-2)12-7-5-11(6-8-12)13-9-10-14-15-13/h5-8,10,13,15H,3-4,9H2,1-2H3. The first kappa shape index (κ1) is 11.0. The van der Waals surface area contributed by atoms with Crippen molar-refractivity contribution in [2.45, 2.75) is 26.3 Å². The molecule has 1 unspecified atom stereocenters. The fraction of sp³-hybridized carbons (Fsp3) is 0.462. The van der Waals surface area contributed by atoms with Crippen LogP contribution in [0.5, 0.6) is 0 Å². The van der Waals surface area contributed by atoms with E-state index in [9.17, 15) is 0 Å². The summed E-state index contributed by atoms with van der Waals surface area (Å²) in [5.74, 6) is 0. The van der Waals surface area contributed by atoms with Gasteiger partial charge in [-0.2, -0.15) is 5.10 Å². The molecule has 0 aliphatic carbocycles. The Morgan fingerprint density at radius 2 is 1.94 bits per heavy atom. The van der Waals surface area contributed by atoms with Crippen LogP contribution in [0.1, 0.15) is 31.9 Å². The molecule has 1 aliphatic rings. The van der Waals surface area contributed by atoms with Gasteiger partial charge >= 0.3 is 0 Å². The van der Waals surface area contributed by atoms with Crippen molar-refractivity contribution in [3.8, 4) is 0 Å². The molecule has 1 aliphatic heterocycles. The third kappa shape index (κ3) is 2.18. The predicted octanol–water partition coefficient (Wildman–Crippen LogP) is 2.55. The van der Waals surface area contributed by atoms with Crippen molar-refractivity contribution >= 4 is 11.9 Å². The summed E-state index contributed by atoms with van der Waals surface area (Å²) in [4.78, 5) is 2.35. The summed E-state index contributed by atoms with van der Waals surface area (Å²) >= 11 is 0. The van der Waals surface area contributed by atoms with Crippen LogP contribution < -0.4 is 10.3 Å². The van der Waals surface area contributed by atoms with Crippen molar-refractivity contribution in [1.29, 1.82) is 0 Å². The molecular weight excluding hydrogens is 198 g/mol. The van der Waals surface area contributed by atoms with Crippen LogP contribution in [0.3, 0.4) is 0 Å². The molecule has 0 saturated heterocycles. The number of hydrogen-bond acceptors (Lipinski definition) is 3. The fourth-order valence-corrected chi connectivity index (χ4v) is 2.07. The maximum absolute atomic E-state index is 4.05. The van der Waals surface area contributed by atoms with Crippen LogP contribution in [0, 0.1) is 0 Å². The van der Waals surface area contributed by atoms with Gasteiger partial charge in [0, 0.05) is 31.4 Å². The van der Waals surface area contributed by atoms with Crippen molar-refractivity contribution in [2.75, 3.05) is 18.0 Å². The maximum atomic E-state index is 4.05. The summed E-state index contributed by atoms with van der Waals surface area (Å²) in [7, 11) is 0. The highest BCUT2D eigenvalue weighted by Gasteiger charge is 2.13. The number of benzene rings is 1. The predicted molar refractivity (Wildman–Crippen MR) is 69.0 cm³/mol. The third-order valence-electron chi connectivity index (χ3n) is 3.09. The lowest BCUT2D eigenvalue weighted by molar-refractivity contribution is 0.620. The minimum atomic E-state index is 0.366. The van der Waals surface area contributed by atoms with Gasteiger partial charge < -0.3 is 10.3 Å². The first-order valence-corrected chi connectivity index (χ1v) is 5.97. The highest BCUT2D eigenvalue weighted by molar-refractivity contribution is 5.61. The molecule has 1 aromatic rings. The quantitative estimate of drug-likeness (QED) is 0.839. The molecule has 1 heterocycles. The van der Waals surface area contributed by atoms with Crippen LogP contribution in [-0.2, 0) is 0 Å². The summed E-state index contributed by atoms with van der Waals surface area (Å²) in [6.45, 7) is 6.48. The zero-order valence-electron chi connectivity index (χ0n) is 9.98. The van der Waals surface area contributed by atoms with Gasteiger partial charge in [0.05, 0.1) is 6.04 Å². The number of hydrogen-bond donors (Lipinski definition) is 1. The summed E-state index contributed by atoms with van der Waals surface area (Å²) in [6, 6.07) is 9.15. The van der Waals surface area contributed by atoms with Gasteiger partial charge in [-0.05, 0) is 31.5 Å². The van der Waals surface area contributed by atoms with E-state index in [1.165, 1.54) is 11.3 Å². The molecule has 2 rings (SSSR count). The minimum Gasteiger partial charge on any atom is -0.372 e. The van der Waals surface area contributed by atoms with E-state index in [4.69, 9.17) is 0 Å². The number of anilines is 1. The Morgan fingerprint density at radius 1 is 1.25 bits per heavy atom. The van der Waals surface area contributed by atoms with Gasteiger partial charge in [-0.3, -0.25) is 0 Å². The van der Waals surface area contributed by atoms with E-state index in [0.29, 0.717) is 6.04 Å². The largest absolute Gasteiger partial charge is 0.372 e. The third-order valence-corrected chi connectivity index (χ3v) is 3.09. The molecule has 0 bridgehead atoms. The first-order chi connectivity index (χ1) is 7.85. The van der Waals surface area contributed by atoms with Crippen molar-refractivity contribution in [3.05, 3.63) is 29.8 Å². The average Bonchev–Trinajstić information content (AvgIpc) is 2.85. The molecule has 0 spiro atoms. The molecule has 0 fully saturated rings. The molecule has 3 heteroatoms. The van der Waals surface area contributed by atoms with Crippen LogP contribution in [0.15, 0.2) is 29.4 Å². The lowest BCUT2D eigenvalue weighted by Crippen LogP contribution is -2.21. The Hall–Kier alpha value is -1.51. The summed E-state index contributed by atoms with van der Waals surface area (Å²) in [5, 5.41) is 4.05. The molecule has 3 nitrogen and oxygen atoms in total. The SMILES string of the molecule is CCN(CC)c1ccc(C2CC=NN2)cc1. The Balaban J connectivity index is 2.09. The van der Waals surface area contributed by atoms with Crippen LogP contribution >= 0.6 is 0 Å². The molecule has 0 radical (unpaired) electrons. The summed E-state index contributed by atoms with van der Waals surface area (Å²) in [6.07, 6.45) is 2.92. The molecule has 16 heavy (non-hydrogen) atoms. The second-order valence-corrected chi connectivity index (χ2v) is 3.99. The van der Waals surface area contributed by atoms with E-state index < -0.39 is 0 Å². The zero-order chi connectivity index (χ0) is 11.4. The van der Waals surface area contributed by atoms with E-state index in [1.807, 2.05) is 6.21 Å². The molecule has 1 aromatic carbocycles. The van der Waals surface area contributed by atoms with E-state index in [1.54, 1.807) is 0 Å². The molecule has 0 aromatic heterocycles. The molecule has 1 atom stereocenters. The second kappa shape index (κ2) is 5.01. The number of nitrogens with one attached hydrogen (secondary N) is 1. The van der Waals surface area contributed by atoms with Crippen molar-refractivity contribution in [3.63, 3.8) is 0 Å². The highest BCUT2D eigenvalue weighted by atomic mass is 15.3.